The van der Waals surface area contributed by atoms with Gasteiger partial charge in [-0.1, -0.05) is 19.6 Å². The Bertz CT molecular complexity index is 223. The van der Waals surface area contributed by atoms with Gasteiger partial charge in [0.2, 0.25) is 8.32 Å². The average Bonchev–Trinajstić information content (AvgIpc) is 2.06. The van der Waals surface area contributed by atoms with Crippen molar-refractivity contribution in [3.05, 3.63) is 0 Å². The third-order valence-corrected chi connectivity index (χ3v) is 4.35. The van der Waals surface area contributed by atoms with Crippen LogP contribution in [-0.4, -0.2) is 23.0 Å². The molecule has 98 valence electrons. The van der Waals surface area contributed by atoms with Crippen molar-refractivity contribution in [1.82, 2.24) is 0 Å². The van der Waals surface area contributed by atoms with Crippen molar-refractivity contribution in [3.63, 3.8) is 0 Å². The van der Waals surface area contributed by atoms with Gasteiger partial charge in [0.15, 0.2) is 0 Å². The predicted molar refractivity (Wildman–Crippen MR) is 69.7 cm³/mol. The lowest BCUT2D eigenvalue weighted by Gasteiger charge is -2.16. The van der Waals surface area contributed by atoms with Crippen LogP contribution in [0.1, 0.15) is 0 Å². The van der Waals surface area contributed by atoms with Crippen molar-refractivity contribution in [2.45, 2.75) is 45.3 Å². The summed E-state index contributed by atoms with van der Waals surface area (Å²) >= 11 is 0. The Kier molecular flexibility index (Phi) is 7.27. The Labute approximate surface area is 100 Å². The zero-order valence-corrected chi connectivity index (χ0v) is 14.0. The van der Waals surface area contributed by atoms with E-state index in [1.54, 1.807) is 0 Å². The van der Waals surface area contributed by atoms with Gasteiger partial charge in [-0.05, 0) is 25.7 Å². The minimum absolute atomic E-state index is 0.447. The fourth-order valence-corrected chi connectivity index (χ4v) is 2.79. The summed E-state index contributed by atoms with van der Waals surface area (Å²) in [6.07, 6.45) is 0. The quantitative estimate of drug-likeness (QED) is 0.225. The van der Waals surface area contributed by atoms with Crippen molar-refractivity contribution in [2.75, 3.05) is 6.61 Å². The number of hydrogen-bond acceptors (Lipinski definition) is 5. The summed E-state index contributed by atoms with van der Waals surface area (Å²) in [5.41, 5.74) is 0. The maximum absolute atomic E-state index is 11.1. The highest BCUT2D eigenvalue weighted by Crippen LogP contribution is 2.26. The molecule has 16 heavy (non-hydrogen) atoms. The zero-order chi connectivity index (χ0) is 12.8. The lowest BCUT2D eigenvalue weighted by Crippen LogP contribution is -2.24. The van der Waals surface area contributed by atoms with Crippen LogP contribution in [0.15, 0.2) is 0 Å². The maximum atomic E-state index is 11.1. The molecule has 0 aromatic rings. The second-order valence-corrected chi connectivity index (χ2v) is 16.6. The molecule has 1 atom stereocenters. The first-order valence-electron chi connectivity index (χ1n) is 5.29. The summed E-state index contributed by atoms with van der Waals surface area (Å²) in [7, 11) is -5.65. The lowest BCUT2D eigenvalue weighted by molar-refractivity contribution is -0.228. The van der Waals surface area contributed by atoms with E-state index in [1.165, 1.54) is 0 Å². The summed E-state index contributed by atoms with van der Waals surface area (Å²) in [5.74, 6) is 0. The SMILES string of the molecule is C[Si](C)(C)CCOO[PH](=O)OO[Si](C)(C)C. The van der Waals surface area contributed by atoms with Crippen LogP contribution < -0.4 is 0 Å². The Hall–Kier alpha value is 0.504. The molecule has 1 unspecified atom stereocenters. The molecular weight excluding hydrogens is 263 g/mol. The van der Waals surface area contributed by atoms with E-state index in [2.05, 4.69) is 29.0 Å². The van der Waals surface area contributed by atoms with Gasteiger partial charge in [0.25, 0.3) is 0 Å². The minimum atomic E-state index is -2.68. The van der Waals surface area contributed by atoms with Gasteiger partial charge in [-0.3, -0.25) is 9.14 Å². The Balaban J connectivity index is 3.52. The summed E-state index contributed by atoms with van der Waals surface area (Å²) in [5, 5.41) is 0. The Morgan fingerprint density at radius 3 is 2.00 bits per heavy atom. The van der Waals surface area contributed by atoms with Gasteiger partial charge in [0, 0.05) is 8.07 Å². The topological polar surface area (TPSA) is 54.0 Å². The van der Waals surface area contributed by atoms with E-state index in [4.69, 9.17) is 9.46 Å². The summed E-state index contributed by atoms with van der Waals surface area (Å²) in [6, 6.07) is 0.955. The highest BCUT2D eigenvalue weighted by Gasteiger charge is 2.18. The summed E-state index contributed by atoms with van der Waals surface area (Å²) < 4.78 is 25.3. The molecule has 8 heteroatoms. The van der Waals surface area contributed by atoms with E-state index in [0.29, 0.717) is 6.61 Å². The van der Waals surface area contributed by atoms with Crippen LogP contribution in [0.4, 0.5) is 0 Å². The van der Waals surface area contributed by atoms with Crippen LogP contribution in [0.2, 0.25) is 45.3 Å². The van der Waals surface area contributed by atoms with Gasteiger partial charge in [-0.25, -0.2) is 4.89 Å². The molecule has 0 aliphatic heterocycles. The first-order chi connectivity index (χ1) is 7.10. The zero-order valence-electron chi connectivity index (χ0n) is 11.0. The fourth-order valence-electron chi connectivity index (χ4n) is 0.611. The molecule has 0 aliphatic carbocycles. The summed E-state index contributed by atoms with van der Waals surface area (Å²) in [4.78, 5) is 4.81. The molecule has 0 heterocycles. The van der Waals surface area contributed by atoms with E-state index in [9.17, 15) is 4.57 Å². The molecule has 5 nitrogen and oxygen atoms in total. The molecular formula is C8H23O5PSi2. The van der Waals surface area contributed by atoms with Gasteiger partial charge in [-0.15, -0.1) is 4.67 Å². The average molecular weight is 286 g/mol. The standard InChI is InChI=1S/C8H23O5PSi2/c1-15(2,3)8-7-10-11-14(9)12-13-16(4,5)6/h14H,7-8H2,1-6H3. The van der Waals surface area contributed by atoms with Crippen molar-refractivity contribution in [2.24, 2.45) is 0 Å². The number of rotatable bonds is 8. The molecule has 0 aromatic heterocycles. The molecule has 0 saturated carbocycles. The van der Waals surface area contributed by atoms with E-state index in [-0.39, 0.29) is 0 Å². The van der Waals surface area contributed by atoms with Gasteiger partial charge in [-0.2, -0.15) is 4.67 Å². The third kappa shape index (κ3) is 12.6. The Morgan fingerprint density at radius 2 is 1.56 bits per heavy atom. The normalized spacial score (nSPS) is 15.1. The van der Waals surface area contributed by atoms with Crippen molar-refractivity contribution in [3.8, 4) is 0 Å². The molecule has 0 fully saturated rings. The monoisotopic (exact) mass is 286 g/mol. The molecule has 0 N–H and O–H groups in total. The van der Waals surface area contributed by atoms with Gasteiger partial charge in [0.1, 0.15) is 0 Å². The molecule has 0 spiro atoms. The van der Waals surface area contributed by atoms with Crippen LogP contribution in [0.25, 0.3) is 0 Å². The van der Waals surface area contributed by atoms with Crippen LogP contribution in [-0.2, 0) is 23.4 Å². The van der Waals surface area contributed by atoms with E-state index >= 15 is 0 Å². The van der Waals surface area contributed by atoms with Crippen molar-refractivity contribution < 1.29 is 23.4 Å². The molecule has 0 rings (SSSR count). The van der Waals surface area contributed by atoms with Crippen LogP contribution in [0, 0.1) is 0 Å². The lowest BCUT2D eigenvalue weighted by atomic mass is 10.9. The molecule has 0 amide bonds. The molecule has 0 aliphatic rings. The highest BCUT2D eigenvalue weighted by molar-refractivity contribution is 7.33. The Morgan fingerprint density at radius 1 is 1.00 bits per heavy atom. The largest absolute Gasteiger partial charge is 0.372 e. The number of hydrogen-bond donors (Lipinski definition) is 0. The van der Waals surface area contributed by atoms with E-state index < -0.39 is 24.6 Å². The molecule has 0 bridgehead atoms. The van der Waals surface area contributed by atoms with Crippen molar-refractivity contribution >= 4 is 24.6 Å². The predicted octanol–water partition coefficient (Wildman–Crippen LogP) is 3.45. The maximum Gasteiger partial charge on any atom is 0.372 e. The van der Waals surface area contributed by atoms with Crippen LogP contribution in [0.3, 0.4) is 0 Å². The highest BCUT2D eigenvalue weighted by atomic mass is 31.1. The molecule has 0 radical (unpaired) electrons. The fraction of sp³-hybridized carbons (Fsp3) is 1.00. The van der Waals surface area contributed by atoms with Crippen LogP contribution in [0.5, 0.6) is 0 Å². The molecule has 0 saturated heterocycles. The smallest absolute Gasteiger partial charge is 0.279 e. The molecule has 0 aromatic carbocycles. The minimum Gasteiger partial charge on any atom is -0.279 e. The van der Waals surface area contributed by atoms with Gasteiger partial charge >= 0.3 is 8.25 Å². The first kappa shape index (κ1) is 16.5. The van der Waals surface area contributed by atoms with Crippen molar-refractivity contribution in [1.29, 1.82) is 0 Å². The van der Waals surface area contributed by atoms with Gasteiger partial charge < -0.3 is 0 Å². The second kappa shape index (κ2) is 7.05. The van der Waals surface area contributed by atoms with Gasteiger partial charge in [0.05, 0.1) is 6.61 Å². The van der Waals surface area contributed by atoms with Crippen LogP contribution >= 0.6 is 8.25 Å². The second-order valence-electron chi connectivity index (χ2n) is 5.75. The first-order valence-corrected chi connectivity index (χ1v) is 13.6. The van der Waals surface area contributed by atoms with E-state index in [1.807, 2.05) is 19.6 Å². The van der Waals surface area contributed by atoms with E-state index in [0.717, 1.165) is 6.04 Å². The summed E-state index contributed by atoms with van der Waals surface area (Å²) in [6.45, 7) is 12.9. The third-order valence-electron chi connectivity index (χ3n) is 1.42.